The van der Waals surface area contributed by atoms with Gasteiger partial charge < -0.3 is 9.84 Å². The van der Waals surface area contributed by atoms with Gasteiger partial charge in [-0.1, -0.05) is 48.6 Å². The number of hydrogen-bond acceptors (Lipinski definition) is 3. The second kappa shape index (κ2) is 4.55. The average Bonchev–Trinajstić information content (AvgIpc) is 2.29. The molecule has 0 fully saturated rings. The summed E-state index contributed by atoms with van der Waals surface area (Å²) in [5.74, 6) is -2.05. The van der Waals surface area contributed by atoms with Crippen LogP contribution in [0.5, 0.6) is 0 Å². The number of allylic oxidation sites excluding steroid dienone is 2. The minimum atomic E-state index is -1.55. The largest absolute Gasteiger partial charge is 0.429 e. The number of hydrogen-bond donors (Lipinski definition) is 1. The van der Waals surface area contributed by atoms with Gasteiger partial charge in [0.15, 0.2) is 0 Å². The monoisotopic (exact) mass is 230 g/mol. The fourth-order valence-corrected chi connectivity index (χ4v) is 1.91. The van der Waals surface area contributed by atoms with Gasteiger partial charge in [0.2, 0.25) is 5.79 Å². The maximum absolute atomic E-state index is 11.1. The number of benzene rings is 1. The molecule has 3 nitrogen and oxygen atoms in total. The van der Waals surface area contributed by atoms with Crippen LogP contribution in [0.15, 0.2) is 48.6 Å². The number of ether oxygens (including phenoxy) is 1. The maximum atomic E-state index is 11.1. The molecule has 1 N–H and O–H groups in total. The standard InChI is InChI=1S/C14H14O3/c1-11(15)17-14(16)10-6-5-9-13(14)12-7-3-2-4-8-12/h2-9,16H,10H2,1H3. The Labute approximate surface area is 100 Å². The van der Waals surface area contributed by atoms with Crippen molar-refractivity contribution < 1.29 is 14.6 Å². The van der Waals surface area contributed by atoms with Crippen molar-refractivity contribution in [1.82, 2.24) is 0 Å². The Morgan fingerprint density at radius 3 is 2.71 bits per heavy atom. The molecule has 1 unspecified atom stereocenters. The second-order valence-corrected chi connectivity index (χ2v) is 3.96. The number of esters is 1. The van der Waals surface area contributed by atoms with Gasteiger partial charge in [-0.15, -0.1) is 0 Å². The Morgan fingerprint density at radius 2 is 2.06 bits per heavy atom. The molecule has 1 aliphatic carbocycles. The highest BCUT2D eigenvalue weighted by molar-refractivity contribution is 5.77. The van der Waals surface area contributed by atoms with Crippen LogP contribution in [0.2, 0.25) is 0 Å². The highest BCUT2D eigenvalue weighted by Crippen LogP contribution is 2.34. The summed E-state index contributed by atoms with van der Waals surface area (Å²) in [7, 11) is 0. The number of carbonyl (C=O) groups excluding carboxylic acids is 1. The molecular formula is C14H14O3. The SMILES string of the molecule is CC(=O)OC1(O)CC=CC=C1c1ccccc1. The molecule has 1 aromatic rings. The Hall–Kier alpha value is -1.87. The molecule has 2 rings (SSSR count). The first-order valence-corrected chi connectivity index (χ1v) is 5.46. The van der Waals surface area contributed by atoms with Crippen molar-refractivity contribution in [2.75, 3.05) is 0 Å². The minimum absolute atomic E-state index is 0.271. The van der Waals surface area contributed by atoms with Crippen LogP contribution < -0.4 is 0 Å². The number of rotatable bonds is 2. The van der Waals surface area contributed by atoms with Gasteiger partial charge in [-0.25, -0.2) is 0 Å². The molecular weight excluding hydrogens is 216 g/mol. The predicted molar refractivity (Wildman–Crippen MR) is 64.9 cm³/mol. The van der Waals surface area contributed by atoms with Crippen LogP contribution in [-0.2, 0) is 9.53 Å². The van der Waals surface area contributed by atoms with Crippen LogP contribution in [0.4, 0.5) is 0 Å². The third kappa shape index (κ3) is 2.45. The summed E-state index contributed by atoms with van der Waals surface area (Å²) < 4.78 is 5.04. The van der Waals surface area contributed by atoms with Gasteiger partial charge in [0.25, 0.3) is 0 Å². The van der Waals surface area contributed by atoms with Gasteiger partial charge in [-0.2, -0.15) is 0 Å². The van der Waals surface area contributed by atoms with E-state index < -0.39 is 11.8 Å². The first-order chi connectivity index (χ1) is 8.12. The van der Waals surface area contributed by atoms with Crippen LogP contribution in [-0.4, -0.2) is 16.9 Å². The van der Waals surface area contributed by atoms with Crippen molar-refractivity contribution in [3.63, 3.8) is 0 Å². The number of aliphatic hydroxyl groups is 1. The van der Waals surface area contributed by atoms with Gasteiger partial charge in [0.1, 0.15) is 0 Å². The predicted octanol–water partition coefficient (Wildman–Crippen LogP) is 2.28. The van der Waals surface area contributed by atoms with Gasteiger partial charge >= 0.3 is 5.97 Å². The highest BCUT2D eigenvalue weighted by atomic mass is 16.7. The summed E-state index contributed by atoms with van der Waals surface area (Å²) in [6, 6.07) is 9.40. The third-order valence-corrected chi connectivity index (χ3v) is 2.61. The summed E-state index contributed by atoms with van der Waals surface area (Å²) in [5, 5.41) is 10.4. The molecule has 88 valence electrons. The van der Waals surface area contributed by atoms with Crippen LogP contribution in [0, 0.1) is 0 Å². The molecule has 0 aromatic heterocycles. The van der Waals surface area contributed by atoms with Gasteiger partial charge in [-0.3, -0.25) is 4.79 Å². The molecule has 0 saturated heterocycles. The normalized spacial score (nSPS) is 23.1. The van der Waals surface area contributed by atoms with E-state index in [1.54, 1.807) is 12.2 Å². The van der Waals surface area contributed by atoms with Crippen LogP contribution in [0.25, 0.3) is 5.57 Å². The van der Waals surface area contributed by atoms with Crippen molar-refractivity contribution >= 4 is 11.5 Å². The van der Waals surface area contributed by atoms with Crippen LogP contribution >= 0.6 is 0 Å². The van der Waals surface area contributed by atoms with Crippen molar-refractivity contribution in [3.8, 4) is 0 Å². The molecule has 0 amide bonds. The van der Waals surface area contributed by atoms with E-state index in [9.17, 15) is 9.90 Å². The molecule has 1 aromatic carbocycles. The zero-order valence-corrected chi connectivity index (χ0v) is 9.59. The van der Waals surface area contributed by atoms with Crippen molar-refractivity contribution in [1.29, 1.82) is 0 Å². The summed E-state index contributed by atoms with van der Waals surface area (Å²) in [5.41, 5.74) is 1.46. The first kappa shape index (κ1) is 11.6. The zero-order chi connectivity index (χ0) is 12.3. The van der Waals surface area contributed by atoms with Gasteiger partial charge in [0.05, 0.1) is 0 Å². The summed E-state index contributed by atoms with van der Waals surface area (Å²) in [6.07, 6.45) is 5.66. The minimum Gasteiger partial charge on any atom is -0.429 e. The first-order valence-electron chi connectivity index (χ1n) is 5.46. The lowest BCUT2D eigenvalue weighted by molar-refractivity contribution is -0.183. The Balaban J connectivity index is 2.38. The fraction of sp³-hybridized carbons (Fsp3) is 0.214. The zero-order valence-electron chi connectivity index (χ0n) is 9.59. The quantitative estimate of drug-likeness (QED) is 0.626. The van der Waals surface area contributed by atoms with Gasteiger partial charge in [0, 0.05) is 18.9 Å². The lowest BCUT2D eigenvalue weighted by Gasteiger charge is -2.31. The van der Waals surface area contributed by atoms with Crippen molar-refractivity contribution in [3.05, 3.63) is 54.1 Å². The molecule has 1 aliphatic rings. The molecule has 1 atom stereocenters. The summed E-state index contributed by atoms with van der Waals surface area (Å²) in [6.45, 7) is 1.29. The lowest BCUT2D eigenvalue weighted by Crippen LogP contribution is -2.36. The van der Waals surface area contributed by atoms with E-state index >= 15 is 0 Å². The van der Waals surface area contributed by atoms with Gasteiger partial charge in [-0.05, 0) is 5.56 Å². The molecule has 0 aliphatic heterocycles. The van der Waals surface area contributed by atoms with E-state index in [1.807, 2.05) is 36.4 Å². The van der Waals surface area contributed by atoms with E-state index in [0.717, 1.165) is 5.56 Å². The molecule has 3 heteroatoms. The molecule has 0 radical (unpaired) electrons. The number of carbonyl (C=O) groups is 1. The molecule has 0 bridgehead atoms. The Morgan fingerprint density at radius 1 is 1.35 bits per heavy atom. The molecule has 0 saturated carbocycles. The Bertz CT molecular complexity index is 474. The van der Waals surface area contributed by atoms with Crippen LogP contribution in [0.3, 0.4) is 0 Å². The van der Waals surface area contributed by atoms with Crippen LogP contribution in [0.1, 0.15) is 18.9 Å². The van der Waals surface area contributed by atoms with E-state index in [0.29, 0.717) is 5.57 Å². The second-order valence-electron chi connectivity index (χ2n) is 3.96. The summed E-state index contributed by atoms with van der Waals surface area (Å²) >= 11 is 0. The Kier molecular flexibility index (Phi) is 3.11. The molecule has 0 spiro atoms. The lowest BCUT2D eigenvalue weighted by atomic mass is 9.91. The maximum Gasteiger partial charge on any atom is 0.305 e. The average molecular weight is 230 g/mol. The van der Waals surface area contributed by atoms with E-state index in [4.69, 9.17) is 4.74 Å². The third-order valence-electron chi connectivity index (χ3n) is 2.61. The van der Waals surface area contributed by atoms with E-state index in [1.165, 1.54) is 6.92 Å². The molecule has 17 heavy (non-hydrogen) atoms. The van der Waals surface area contributed by atoms with Crippen molar-refractivity contribution in [2.45, 2.75) is 19.1 Å². The topological polar surface area (TPSA) is 46.5 Å². The van der Waals surface area contributed by atoms with Crippen molar-refractivity contribution in [2.24, 2.45) is 0 Å². The molecule has 0 heterocycles. The fourth-order valence-electron chi connectivity index (χ4n) is 1.91. The van der Waals surface area contributed by atoms with E-state index in [2.05, 4.69) is 0 Å². The van der Waals surface area contributed by atoms with E-state index in [-0.39, 0.29) is 6.42 Å². The summed E-state index contributed by atoms with van der Waals surface area (Å²) in [4.78, 5) is 11.1. The smallest absolute Gasteiger partial charge is 0.305 e. The highest BCUT2D eigenvalue weighted by Gasteiger charge is 2.36.